The summed E-state index contributed by atoms with van der Waals surface area (Å²) in [7, 11) is 1.78. The molecule has 2 heterocycles. The van der Waals surface area contributed by atoms with Crippen LogP contribution in [0.5, 0.6) is 0 Å². The molecule has 1 fully saturated rings. The minimum absolute atomic E-state index is 0.419. The van der Waals surface area contributed by atoms with Crippen LogP contribution < -0.4 is 4.90 Å². The van der Waals surface area contributed by atoms with Gasteiger partial charge in [0.25, 0.3) is 0 Å². The third kappa shape index (κ3) is 2.24. The van der Waals surface area contributed by atoms with Gasteiger partial charge in [-0.15, -0.1) is 10.2 Å². The first kappa shape index (κ1) is 10.3. The van der Waals surface area contributed by atoms with Crippen molar-refractivity contribution in [1.29, 1.82) is 0 Å². The van der Waals surface area contributed by atoms with Crippen LogP contribution in [0.3, 0.4) is 0 Å². The van der Waals surface area contributed by atoms with Gasteiger partial charge in [0.15, 0.2) is 3.92 Å². The number of nitrogens with zero attached hydrogens (tertiary/aromatic N) is 3. The Kier molecular flexibility index (Phi) is 3.35. The second-order valence-electron chi connectivity index (χ2n) is 3.26. The fourth-order valence-corrected chi connectivity index (χ4v) is 2.75. The maximum absolute atomic E-state index is 5.31. The van der Waals surface area contributed by atoms with Gasteiger partial charge in [-0.1, -0.05) is 11.3 Å². The average Bonchev–Trinajstić information content (AvgIpc) is 2.65. The minimum Gasteiger partial charge on any atom is -0.381 e. The van der Waals surface area contributed by atoms with Crippen LogP contribution in [0, 0.1) is 0 Å². The van der Waals surface area contributed by atoms with Crippen LogP contribution in [0.2, 0.25) is 0 Å². The van der Waals surface area contributed by atoms with Crippen molar-refractivity contribution in [3.05, 3.63) is 3.92 Å². The molecule has 1 saturated heterocycles. The van der Waals surface area contributed by atoms with Crippen molar-refractivity contribution in [3.8, 4) is 0 Å². The predicted octanol–water partition coefficient (Wildman–Crippen LogP) is 1.92. The highest BCUT2D eigenvalue weighted by atomic mass is 79.9. The summed E-state index contributed by atoms with van der Waals surface area (Å²) in [5.41, 5.74) is 0. The molecule has 6 heteroatoms. The molecule has 0 aliphatic carbocycles. The Labute approximate surface area is 95.4 Å². The van der Waals surface area contributed by atoms with E-state index in [1.54, 1.807) is 18.4 Å². The molecule has 0 radical (unpaired) electrons. The van der Waals surface area contributed by atoms with Crippen LogP contribution >= 0.6 is 27.3 Å². The molecule has 2 rings (SSSR count). The summed E-state index contributed by atoms with van der Waals surface area (Å²) in [5, 5.41) is 9.05. The molecule has 4 nitrogen and oxygen atoms in total. The van der Waals surface area contributed by atoms with Gasteiger partial charge in [0.05, 0.1) is 6.10 Å². The lowest BCUT2D eigenvalue weighted by Gasteiger charge is -2.30. The maximum atomic E-state index is 5.31. The molecule has 0 saturated carbocycles. The van der Waals surface area contributed by atoms with Gasteiger partial charge < -0.3 is 9.64 Å². The van der Waals surface area contributed by atoms with Crippen LogP contribution in [-0.2, 0) is 4.74 Å². The summed E-state index contributed by atoms with van der Waals surface area (Å²) in [6.07, 6.45) is 2.57. The van der Waals surface area contributed by atoms with E-state index in [-0.39, 0.29) is 0 Å². The maximum Gasteiger partial charge on any atom is 0.209 e. The topological polar surface area (TPSA) is 38.2 Å². The van der Waals surface area contributed by atoms with E-state index >= 15 is 0 Å². The van der Waals surface area contributed by atoms with E-state index in [1.807, 2.05) is 0 Å². The lowest BCUT2D eigenvalue weighted by Crippen LogP contribution is -2.36. The Morgan fingerprint density at radius 2 is 2.14 bits per heavy atom. The third-order valence-electron chi connectivity index (χ3n) is 2.44. The van der Waals surface area contributed by atoms with E-state index in [4.69, 9.17) is 4.74 Å². The standard InChI is InChI=1S/C8H12BrN3OS/c1-13-6-2-4-12(5-3-6)8-11-10-7(9)14-8/h6H,2-5H2,1H3. The Hall–Kier alpha value is -0.200. The van der Waals surface area contributed by atoms with Crippen LogP contribution in [0.1, 0.15) is 12.8 Å². The van der Waals surface area contributed by atoms with Gasteiger partial charge in [-0.2, -0.15) is 0 Å². The highest BCUT2D eigenvalue weighted by molar-refractivity contribution is 9.11. The van der Waals surface area contributed by atoms with Gasteiger partial charge in [0, 0.05) is 20.2 Å². The molecule has 0 atom stereocenters. The zero-order chi connectivity index (χ0) is 9.97. The number of hydrogen-bond donors (Lipinski definition) is 0. The summed E-state index contributed by atoms with van der Waals surface area (Å²) < 4.78 is 6.16. The van der Waals surface area contributed by atoms with Crippen molar-refractivity contribution in [2.75, 3.05) is 25.1 Å². The summed E-state index contributed by atoms with van der Waals surface area (Å²) in [5.74, 6) is 0. The smallest absolute Gasteiger partial charge is 0.209 e. The molecule has 0 spiro atoms. The van der Waals surface area contributed by atoms with E-state index in [2.05, 4.69) is 31.0 Å². The molecule has 0 unspecified atom stereocenters. The fourth-order valence-electron chi connectivity index (χ4n) is 1.61. The van der Waals surface area contributed by atoms with Crippen molar-refractivity contribution >= 4 is 32.4 Å². The van der Waals surface area contributed by atoms with Crippen molar-refractivity contribution < 1.29 is 4.74 Å². The van der Waals surface area contributed by atoms with Crippen molar-refractivity contribution in [2.24, 2.45) is 0 Å². The number of aromatic nitrogens is 2. The Morgan fingerprint density at radius 3 is 2.64 bits per heavy atom. The molecule has 0 bridgehead atoms. The van der Waals surface area contributed by atoms with E-state index < -0.39 is 0 Å². The van der Waals surface area contributed by atoms with Gasteiger partial charge in [0.1, 0.15) is 0 Å². The van der Waals surface area contributed by atoms with E-state index in [0.717, 1.165) is 35.0 Å². The van der Waals surface area contributed by atoms with E-state index in [0.29, 0.717) is 6.10 Å². The van der Waals surface area contributed by atoms with Crippen LogP contribution in [0.4, 0.5) is 5.13 Å². The number of ether oxygens (including phenoxy) is 1. The first-order valence-electron chi connectivity index (χ1n) is 4.56. The summed E-state index contributed by atoms with van der Waals surface area (Å²) in [6.45, 7) is 2.03. The molecule has 0 aromatic carbocycles. The van der Waals surface area contributed by atoms with Gasteiger partial charge >= 0.3 is 0 Å². The summed E-state index contributed by atoms with van der Waals surface area (Å²) in [6, 6.07) is 0. The van der Waals surface area contributed by atoms with Crippen molar-refractivity contribution in [2.45, 2.75) is 18.9 Å². The molecule has 1 aromatic rings. The quantitative estimate of drug-likeness (QED) is 0.828. The molecule has 0 amide bonds. The molecular weight excluding hydrogens is 266 g/mol. The number of methoxy groups -OCH3 is 1. The largest absolute Gasteiger partial charge is 0.381 e. The molecule has 14 heavy (non-hydrogen) atoms. The zero-order valence-electron chi connectivity index (χ0n) is 7.94. The SMILES string of the molecule is COC1CCN(c2nnc(Br)s2)CC1. The fraction of sp³-hybridized carbons (Fsp3) is 0.750. The van der Waals surface area contributed by atoms with E-state index in [9.17, 15) is 0 Å². The highest BCUT2D eigenvalue weighted by Gasteiger charge is 2.20. The lowest BCUT2D eigenvalue weighted by molar-refractivity contribution is 0.0819. The Morgan fingerprint density at radius 1 is 1.43 bits per heavy atom. The van der Waals surface area contributed by atoms with Crippen LogP contribution in [0.15, 0.2) is 3.92 Å². The minimum atomic E-state index is 0.419. The highest BCUT2D eigenvalue weighted by Crippen LogP contribution is 2.26. The number of halogens is 1. The Balaban J connectivity index is 1.95. The molecule has 0 N–H and O–H groups in total. The number of hydrogen-bond acceptors (Lipinski definition) is 5. The number of piperidine rings is 1. The molecular formula is C8H12BrN3OS. The molecule has 1 aliphatic rings. The third-order valence-corrected chi connectivity index (χ3v) is 3.85. The van der Waals surface area contributed by atoms with E-state index in [1.165, 1.54) is 0 Å². The monoisotopic (exact) mass is 277 g/mol. The number of anilines is 1. The molecule has 78 valence electrons. The second-order valence-corrected chi connectivity index (χ2v) is 5.49. The van der Waals surface area contributed by atoms with Crippen LogP contribution in [-0.4, -0.2) is 36.5 Å². The second kappa shape index (κ2) is 4.55. The Bertz CT molecular complexity index is 299. The molecule has 1 aromatic heterocycles. The van der Waals surface area contributed by atoms with Crippen molar-refractivity contribution in [3.63, 3.8) is 0 Å². The summed E-state index contributed by atoms with van der Waals surface area (Å²) >= 11 is 4.90. The normalized spacial score (nSPS) is 18.9. The number of rotatable bonds is 2. The first-order valence-corrected chi connectivity index (χ1v) is 6.17. The zero-order valence-corrected chi connectivity index (χ0v) is 10.3. The summed E-state index contributed by atoms with van der Waals surface area (Å²) in [4.78, 5) is 2.26. The lowest BCUT2D eigenvalue weighted by atomic mass is 10.1. The predicted molar refractivity (Wildman–Crippen MR) is 59.9 cm³/mol. The van der Waals surface area contributed by atoms with Gasteiger partial charge in [0.2, 0.25) is 5.13 Å². The van der Waals surface area contributed by atoms with Gasteiger partial charge in [-0.25, -0.2) is 0 Å². The van der Waals surface area contributed by atoms with Gasteiger partial charge in [-0.05, 0) is 28.8 Å². The van der Waals surface area contributed by atoms with Gasteiger partial charge in [-0.3, -0.25) is 0 Å². The van der Waals surface area contributed by atoms with Crippen LogP contribution in [0.25, 0.3) is 0 Å². The van der Waals surface area contributed by atoms with Crippen molar-refractivity contribution in [1.82, 2.24) is 10.2 Å². The average molecular weight is 278 g/mol. The molecule has 1 aliphatic heterocycles. The first-order chi connectivity index (χ1) is 6.79.